The zero-order valence-corrected chi connectivity index (χ0v) is 10.1. The molecule has 1 aliphatic heterocycles. The second-order valence-electron chi connectivity index (χ2n) is 4.57. The van der Waals surface area contributed by atoms with E-state index in [0.29, 0.717) is 18.7 Å². The molecule has 4 nitrogen and oxygen atoms in total. The lowest BCUT2D eigenvalue weighted by Crippen LogP contribution is -2.34. The van der Waals surface area contributed by atoms with Gasteiger partial charge in [0, 0.05) is 25.7 Å². The monoisotopic (exact) mass is 216 g/mol. The predicted molar refractivity (Wildman–Crippen MR) is 61.0 cm³/mol. The molecule has 15 heavy (non-hydrogen) atoms. The zero-order valence-electron chi connectivity index (χ0n) is 10.1. The first-order chi connectivity index (χ1) is 7.13. The van der Waals surface area contributed by atoms with Crippen molar-refractivity contribution < 1.29 is 9.84 Å². The van der Waals surface area contributed by atoms with Crippen molar-refractivity contribution in [1.29, 1.82) is 0 Å². The van der Waals surface area contributed by atoms with Crippen LogP contribution in [0.15, 0.2) is 0 Å². The van der Waals surface area contributed by atoms with Gasteiger partial charge in [0.05, 0.1) is 12.7 Å². The minimum atomic E-state index is -0.334. The molecule has 0 aromatic carbocycles. The summed E-state index contributed by atoms with van der Waals surface area (Å²) in [6.07, 6.45) is 1.64. The summed E-state index contributed by atoms with van der Waals surface area (Å²) in [7, 11) is 3.77. The van der Waals surface area contributed by atoms with Crippen LogP contribution >= 0.6 is 0 Å². The molecule has 4 heteroatoms. The van der Waals surface area contributed by atoms with Crippen LogP contribution in [0.1, 0.15) is 19.8 Å². The molecule has 0 aromatic heterocycles. The fraction of sp³-hybridized carbons (Fsp3) is 1.00. The van der Waals surface area contributed by atoms with Crippen molar-refractivity contribution in [2.24, 2.45) is 0 Å². The highest BCUT2D eigenvalue weighted by atomic mass is 16.5. The van der Waals surface area contributed by atoms with E-state index in [-0.39, 0.29) is 6.10 Å². The number of nitrogens with zero attached hydrogens (tertiary/aromatic N) is 1. The van der Waals surface area contributed by atoms with Crippen LogP contribution in [0.3, 0.4) is 0 Å². The average Bonchev–Trinajstić information content (AvgIpc) is 2.46. The Morgan fingerprint density at radius 1 is 1.60 bits per heavy atom. The van der Waals surface area contributed by atoms with E-state index in [4.69, 9.17) is 4.74 Å². The third kappa shape index (κ3) is 4.47. The Morgan fingerprint density at radius 3 is 2.87 bits per heavy atom. The quantitative estimate of drug-likeness (QED) is 0.659. The molecule has 0 aromatic rings. The van der Waals surface area contributed by atoms with Gasteiger partial charge in [0.1, 0.15) is 0 Å². The second-order valence-corrected chi connectivity index (χ2v) is 4.57. The molecule has 2 N–H and O–H groups in total. The van der Waals surface area contributed by atoms with E-state index in [2.05, 4.69) is 24.2 Å². The Morgan fingerprint density at radius 2 is 2.33 bits per heavy atom. The van der Waals surface area contributed by atoms with Crippen molar-refractivity contribution in [3.8, 4) is 0 Å². The molecule has 0 radical (unpaired) electrons. The van der Waals surface area contributed by atoms with Crippen molar-refractivity contribution >= 4 is 0 Å². The third-order valence-electron chi connectivity index (χ3n) is 3.16. The smallest absolute Gasteiger partial charge is 0.0785 e. The highest BCUT2D eigenvalue weighted by molar-refractivity contribution is 4.84. The fourth-order valence-corrected chi connectivity index (χ4v) is 2.07. The highest BCUT2D eigenvalue weighted by Gasteiger charge is 2.25. The molecule has 0 spiro atoms. The Bertz CT molecular complexity index is 168. The number of aliphatic hydroxyl groups is 1. The van der Waals surface area contributed by atoms with E-state index in [9.17, 15) is 5.11 Å². The van der Waals surface area contributed by atoms with Gasteiger partial charge in [0.15, 0.2) is 0 Å². The maximum Gasteiger partial charge on any atom is 0.0785 e. The van der Waals surface area contributed by atoms with E-state index in [0.717, 1.165) is 19.5 Å². The van der Waals surface area contributed by atoms with Crippen molar-refractivity contribution in [2.45, 2.75) is 38.0 Å². The SMILES string of the molecule is COCC(O)CCNC1CC(C)N(C)C1. The van der Waals surface area contributed by atoms with Crippen LogP contribution in [-0.4, -0.2) is 62.0 Å². The number of nitrogens with one attached hydrogen (secondary N) is 1. The molecular weight excluding hydrogens is 192 g/mol. The first kappa shape index (κ1) is 12.9. The molecule has 0 aliphatic carbocycles. The Kier molecular flexibility index (Phi) is 5.53. The number of ether oxygens (including phenoxy) is 1. The van der Waals surface area contributed by atoms with E-state index >= 15 is 0 Å². The van der Waals surface area contributed by atoms with E-state index < -0.39 is 0 Å². The van der Waals surface area contributed by atoms with Gasteiger partial charge in [0.25, 0.3) is 0 Å². The average molecular weight is 216 g/mol. The molecule has 1 fully saturated rings. The largest absolute Gasteiger partial charge is 0.391 e. The van der Waals surface area contributed by atoms with Gasteiger partial charge in [-0.15, -0.1) is 0 Å². The number of hydrogen-bond acceptors (Lipinski definition) is 4. The summed E-state index contributed by atoms with van der Waals surface area (Å²) in [4.78, 5) is 2.36. The Balaban J connectivity index is 2.06. The van der Waals surface area contributed by atoms with Gasteiger partial charge in [-0.05, 0) is 33.4 Å². The summed E-state index contributed by atoms with van der Waals surface area (Å²) in [5, 5.41) is 12.9. The highest BCUT2D eigenvalue weighted by Crippen LogP contribution is 2.14. The molecule has 0 bridgehead atoms. The van der Waals surface area contributed by atoms with E-state index in [1.165, 1.54) is 6.42 Å². The number of likely N-dealkylation sites (N-methyl/N-ethyl adjacent to an activating group) is 1. The molecule has 0 amide bonds. The van der Waals surface area contributed by atoms with Crippen molar-refractivity contribution in [3.05, 3.63) is 0 Å². The van der Waals surface area contributed by atoms with Crippen LogP contribution < -0.4 is 5.32 Å². The topological polar surface area (TPSA) is 44.7 Å². The van der Waals surface area contributed by atoms with Crippen LogP contribution in [0.2, 0.25) is 0 Å². The van der Waals surface area contributed by atoms with Crippen molar-refractivity contribution in [3.63, 3.8) is 0 Å². The first-order valence-electron chi connectivity index (χ1n) is 5.74. The molecule has 1 heterocycles. The van der Waals surface area contributed by atoms with Gasteiger partial charge in [0.2, 0.25) is 0 Å². The van der Waals surface area contributed by atoms with Crippen LogP contribution in [-0.2, 0) is 4.74 Å². The summed E-state index contributed by atoms with van der Waals surface area (Å²) < 4.78 is 4.87. The fourth-order valence-electron chi connectivity index (χ4n) is 2.07. The molecular formula is C11H24N2O2. The van der Waals surface area contributed by atoms with Gasteiger partial charge in [-0.2, -0.15) is 0 Å². The van der Waals surface area contributed by atoms with Crippen molar-refractivity contribution in [1.82, 2.24) is 10.2 Å². The summed E-state index contributed by atoms with van der Waals surface area (Å²) >= 11 is 0. The minimum Gasteiger partial charge on any atom is -0.391 e. The summed E-state index contributed by atoms with van der Waals surface area (Å²) in [6.45, 7) is 4.67. The standard InChI is InChI=1S/C11H24N2O2/c1-9-6-10(7-13(9)2)12-5-4-11(14)8-15-3/h9-12,14H,4-8H2,1-3H3. The maximum absolute atomic E-state index is 9.45. The van der Waals surface area contributed by atoms with Crippen LogP contribution in [0.4, 0.5) is 0 Å². The molecule has 3 atom stereocenters. The van der Waals surface area contributed by atoms with Crippen molar-refractivity contribution in [2.75, 3.05) is 33.9 Å². The zero-order chi connectivity index (χ0) is 11.3. The van der Waals surface area contributed by atoms with Gasteiger partial charge in [-0.1, -0.05) is 0 Å². The summed E-state index contributed by atoms with van der Waals surface area (Å²) in [5.74, 6) is 0. The molecule has 3 unspecified atom stereocenters. The summed E-state index contributed by atoms with van der Waals surface area (Å²) in [5.41, 5.74) is 0. The van der Waals surface area contributed by atoms with Crippen LogP contribution in [0, 0.1) is 0 Å². The molecule has 1 rings (SSSR count). The minimum absolute atomic E-state index is 0.334. The van der Waals surface area contributed by atoms with Crippen LogP contribution in [0.25, 0.3) is 0 Å². The molecule has 90 valence electrons. The van der Waals surface area contributed by atoms with E-state index in [1.54, 1.807) is 7.11 Å². The van der Waals surface area contributed by atoms with Gasteiger partial charge in [-0.25, -0.2) is 0 Å². The number of aliphatic hydroxyl groups excluding tert-OH is 1. The maximum atomic E-state index is 9.45. The molecule has 0 saturated carbocycles. The lowest BCUT2D eigenvalue weighted by Gasteiger charge is -2.14. The van der Waals surface area contributed by atoms with Gasteiger partial charge < -0.3 is 20.1 Å². The number of likely N-dealkylation sites (tertiary alicyclic amines) is 1. The normalized spacial score (nSPS) is 29.6. The first-order valence-corrected chi connectivity index (χ1v) is 5.74. The van der Waals surface area contributed by atoms with Crippen LogP contribution in [0.5, 0.6) is 0 Å². The van der Waals surface area contributed by atoms with E-state index in [1.807, 2.05) is 0 Å². The lowest BCUT2D eigenvalue weighted by molar-refractivity contribution is 0.0590. The molecule has 1 saturated heterocycles. The third-order valence-corrected chi connectivity index (χ3v) is 3.16. The Labute approximate surface area is 92.6 Å². The van der Waals surface area contributed by atoms with Gasteiger partial charge >= 0.3 is 0 Å². The predicted octanol–water partition coefficient (Wildman–Crippen LogP) is 0.0660. The Hall–Kier alpha value is -0.160. The molecule has 1 aliphatic rings. The number of methoxy groups -OCH3 is 1. The van der Waals surface area contributed by atoms with Gasteiger partial charge in [-0.3, -0.25) is 0 Å². The number of rotatable bonds is 6. The summed E-state index contributed by atoms with van der Waals surface area (Å²) in [6, 6.07) is 1.26. The second kappa shape index (κ2) is 6.43. The lowest BCUT2D eigenvalue weighted by atomic mass is 10.2. The number of hydrogen-bond donors (Lipinski definition) is 2.